The van der Waals surface area contributed by atoms with E-state index in [0.717, 1.165) is 12.1 Å². The summed E-state index contributed by atoms with van der Waals surface area (Å²) in [4.78, 5) is 0. The zero-order chi connectivity index (χ0) is 15.5. The minimum atomic E-state index is -4.44. The van der Waals surface area contributed by atoms with Crippen LogP contribution in [0.25, 0.3) is 0 Å². The van der Waals surface area contributed by atoms with Crippen LogP contribution in [0.15, 0.2) is 52.7 Å². The molecule has 0 aliphatic rings. The lowest BCUT2D eigenvalue weighted by Crippen LogP contribution is -2.05. The maximum Gasteiger partial charge on any atom is 0.416 e. The zero-order valence-electron chi connectivity index (χ0n) is 11.5. The number of hydrogen-bond acceptors (Lipinski definition) is 3. The summed E-state index contributed by atoms with van der Waals surface area (Å²) in [5, 5.41) is 7.81. The number of rotatable bonds is 3. The van der Waals surface area contributed by atoms with Gasteiger partial charge in [0, 0.05) is 0 Å². The van der Waals surface area contributed by atoms with E-state index in [0.29, 0.717) is 11.3 Å². The molecular formula is C15H13F3N2O. The summed E-state index contributed by atoms with van der Waals surface area (Å²) in [6.45, 7) is 1.54. The third-order valence-electron chi connectivity index (χ3n) is 2.82. The van der Waals surface area contributed by atoms with Crippen molar-refractivity contribution in [3.05, 3.63) is 53.6 Å². The van der Waals surface area contributed by atoms with Gasteiger partial charge in [-0.2, -0.15) is 18.3 Å². The van der Waals surface area contributed by atoms with Crippen molar-refractivity contribution < 1.29 is 17.9 Å². The highest BCUT2D eigenvalue weighted by atomic mass is 19.4. The summed E-state index contributed by atoms with van der Waals surface area (Å²) >= 11 is 0. The molecule has 110 valence electrons. The van der Waals surface area contributed by atoms with Gasteiger partial charge in [0.15, 0.2) is 0 Å². The molecule has 0 spiro atoms. The summed E-state index contributed by atoms with van der Waals surface area (Å²) in [5.41, 5.74) is 0.181. The van der Waals surface area contributed by atoms with Crippen LogP contribution < -0.4 is 4.74 Å². The number of hydrogen-bond donors (Lipinski definition) is 0. The van der Waals surface area contributed by atoms with Gasteiger partial charge < -0.3 is 4.74 Å². The second-order valence-electron chi connectivity index (χ2n) is 4.38. The summed E-state index contributed by atoms with van der Waals surface area (Å²) in [5.74, 6) is 0.280. The molecule has 0 N–H and O–H groups in total. The second-order valence-corrected chi connectivity index (χ2v) is 4.38. The number of halogens is 3. The molecule has 0 saturated carbocycles. The molecule has 0 aliphatic heterocycles. The maximum absolute atomic E-state index is 12.8. The molecule has 2 aromatic carbocycles. The smallest absolute Gasteiger partial charge is 0.416 e. The Morgan fingerprint density at radius 2 is 1.67 bits per heavy atom. The second kappa shape index (κ2) is 5.95. The van der Waals surface area contributed by atoms with Crippen LogP contribution >= 0.6 is 0 Å². The van der Waals surface area contributed by atoms with Crippen LogP contribution in [0.4, 0.5) is 24.5 Å². The third kappa shape index (κ3) is 3.59. The fourth-order valence-electron chi connectivity index (χ4n) is 1.87. The van der Waals surface area contributed by atoms with E-state index in [4.69, 9.17) is 4.74 Å². The molecule has 0 bridgehead atoms. The number of benzene rings is 2. The van der Waals surface area contributed by atoms with Gasteiger partial charge in [-0.1, -0.05) is 18.2 Å². The van der Waals surface area contributed by atoms with Gasteiger partial charge in [-0.3, -0.25) is 0 Å². The average molecular weight is 294 g/mol. The van der Waals surface area contributed by atoms with Crippen molar-refractivity contribution in [3.63, 3.8) is 0 Å². The van der Waals surface area contributed by atoms with Crippen molar-refractivity contribution in [3.8, 4) is 5.75 Å². The van der Waals surface area contributed by atoms with E-state index in [1.165, 1.54) is 14.0 Å². The van der Waals surface area contributed by atoms with E-state index >= 15 is 0 Å². The van der Waals surface area contributed by atoms with Gasteiger partial charge in [0.05, 0.1) is 18.4 Å². The minimum Gasteiger partial charge on any atom is -0.494 e. The van der Waals surface area contributed by atoms with E-state index in [9.17, 15) is 13.2 Å². The molecule has 6 heteroatoms. The fraction of sp³-hybridized carbons (Fsp3) is 0.200. The monoisotopic (exact) mass is 294 g/mol. The highest BCUT2D eigenvalue weighted by molar-refractivity contribution is 5.58. The highest BCUT2D eigenvalue weighted by Gasteiger charge is 2.32. The summed E-state index contributed by atoms with van der Waals surface area (Å²) in [6.07, 6.45) is -4.44. The Hall–Kier alpha value is -2.37. The molecule has 0 unspecified atom stereocenters. The van der Waals surface area contributed by atoms with Gasteiger partial charge in [-0.15, -0.1) is 5.11 Å². The Morgan fingerprint density at radius 3 is 2.24 bits per heavy atom. The maximum atomic E-state index is 12.8. The van der Waals surface area contributed by atoms with Crippen LogP contribution in [0.2, 0.25) is 0 Å². The van der Waals surface area contributed by atoms with E-state index in [1.54, 1.807) is 24.3 Å². The Balaban J connectivity index is 2.46. The molecule has 21 heavy (non-hydrogen) atoms. The van der Waals surface area contributed by atoms with Crippen molar-refractivity contribution in [1.29, 1.82) is 0 Å². The van der Waals surface area contributed by atoms with Crippen LogP contribution in [0, 0.1) is 6.92 Å². The average Bonchev–Trinajstić information content (AvgIpc) is 2.44. The normalized spacial score (nSPS) is 11.9. The number of nitrogens with zero attached hydrogens (tertiary/aromatic N) is 2. The zero-order valence-corrected chi connectivity index (χ0v) is 11.5. The fourth-order valence-corrected chi connectivity index (χ4v) is 1.87. The Bertz CT molecular complexity index is 652. The number of ether oxygens (including phenoxy) is 1. The van der Waals surface area contributed by atoms with Crippen molar-refractivity contribution in [2.75, 3.05) is 7.11 Å². The highest BCUT2D eigenvalue weighted by Crippen LogP contribution is 2.39. The van der Waals surface area contributed by atoms with E-state index in [2.05, 4.69) is 10.2 Å². The van der Waals surface area contributed by atoms with Crippen LogP contribution in [0.1, 0.15) is 11.1 Å². The van der Waals surface area contributed by atoms with E-state index in [-0.39, 0.29) is 11.4 Å². The molecule has 0 amide bonds. The minimum absolute atomic E-state index is 0.0497. The molecule has 0 radical (unpaired) electrons. The summed E-state index contributed by atoms with van der Waals surface area (Å²) in [7, 11) is 1.39. The van der Waals surface area contributed by atoms with Crippen LogP contribution in [-0.4, -0.2) is 7.11 Å². The summed E-state index contributed by atoms with van der Waals surface area (Å²) < 4.78 is 43.6. The SMILES string of the molecule is COc1c(C)cc(C(F)(F)F)cc1N=Nc1ccccc1. The molecule has 2 rings (SSSR count). The number of aryl methyl sites for hydroxylation is 1. The molecule has 2 aromatic rings. The van der Waals surface area contributed by atoms with Crippen molar-refractivity contribution in [1.82, 2.24) is 0 Å². The first-order chi connectivity index (χ1) is 9.91. The quantitative estimate of drug-likeness (QED) is 0.694. The first kappa shape index (κ1) is 15.0. The van der Waals surface area contributed by atoms with Crippen LogP contribution in [0.3, 0.4) is 0 Å². The Labute approximate surface area is 120 Å². The molecule has 3 nitrogen and oxygen atoms in total. The number of alkyl halides is 3. The van der Waals surface area contributed by atoms with Crippen molar-refractivity contribution >= 4 is 11.4 Å². The summed E-state index contributed by atoms with van der Waals surface area (Å²) in [6, 6.07) is 10.7. The van der Waals surface area contributed by atoms with Crippen LogP contribution in [-0.2, 0) is 6.18 Å². The molecule has 0 saturated heterocycles. The molecule has 0 fully saturated rings. The predicted molar refractivity (Wildman–Crippen MR) is 73.4 cm³/mol. The van der Waals surface area contributed by atoms with Gasteiger partial charge in [0.2, 0.25) is 0 Å². The molecule has 0 heterocycles. The topological polar surface area (TPSA) is 34.0 Å². The first-order valence-electron chi connectivity index (χ1n) is 6.14. The lowest BCUT2D eigenvalue weighted by Gasteiger charge is -2.12. The van der Waals surface area contributed by atoms with Crippen molar-refractivity contribution in [2.45, 2.75) is 13.1 Å². The number of azo groups is 1. The van der Waals surface area contributed by atoms with Gasteiger partial charge in [0.1, 0.15) is 11.4 Å². The third-order valence-corrected chi connectivity index (χ3v) is 2.82. The Kier molecular flexibility index (Phi) is 4.26. The van der Waals surface area contributed by atoms with Gasteiger partial charge in [-0.25, -0.2) is 0 Å². The predicted octanol–water partition coefficient (Wildman–Crippen LogP) is 5.44. The van der Waals surface area contributed by atoms with E-state index < -0.39 is 11.7 Å². The lowest BCUT2D eigenvalue weighted by atomic mass is 10.1. The van der Waals surface area contributed by atoms with Gasteiger partial charge in [0.25, 0.3) is 0 Å². The van der Waals surface area contributed by atoms with Gasteiger partial charge >= 0.3 is 6.18 Å². The molecule has 0 atom stereocenters. The van der Waals surface area contributed by atoms with E-state index in [1.807, 2.05) is 6.07 Å². The largest absolute Gasteiger partial charge is 0.494 e. The Morgan fingerprint density at radius 1 is 1.00 bits per heavy atom. The number of methoxy groups -OCH3 is 1. The van der Waals surface area contributed by atoms with Crippen molar-refractivity contribution in [2.24, 2.45) is 10.2 Å². The molecular weight excluding hydrogens is 281 g/mol. The molecule has 0 aliphatic carbocycles. The standard InChI is InChI=1S/C15H13F3N2O/c1-10-8-11(15(16,17)18)9-13(14(10)21-2)20-19-12-6-4-3-5-7-12/h3-9H,1-2H3. The van der Waals surface area contributed by atoms with Crippen LogP contribution in [0.5, 0.6) is 5.75 Å². The van der Waals surface area contributed by atoms with Gasteiger partial charge in [-0.05, 0) is 36.8 Å². The lowest BCUT2D eigenvalue weighted by molar-refractivity contribution is -0.137. The molecule has 0 aromatic heterocycles. The first-order valence-corrected chi connectivity index (χ1v) is 6.14.